The van der Waals surface area contributed by atoms with E-state index < -0.39 is 21.3 Å². The molecule has 88 valence electrons. The molecule has 0 spiro atoms. The van der Waals surface area contributed by atoms with Gasteiger partial charge in [0.15, 0.2) is 0 Å². The Hall–Kier alpha value is -2.65. The molecule has 0 atom stereocenters. The number of nitrogens with zero attached hydrogens (tertiary/aromatic N) is 5. The summed E-state index contributed by atoms with van der Waals surface area (Å²) in [4.78, 5) is 19.8. The zero-order valence-corrected chi connectivity index (χ0v) is 8.43. The number of ether oxygens (including phenoxy) is 1. The smallest absolute Gasteiger partial charge is 0.488 e. The molecule has 0 radical (unpaired) electrons. The van der Waals surface area contributed by atoms with Gasteiger partial charge in [-0.05, 0) is 5.22 Å². The highest BCUT2D eigenvalue weighted by Gasteiger charge is 2.62. The van der Waals surface area contributed by atoms with Crippen molar-refractivity contribution < 1.29 is 14.6 Å². The van der Waals surface area contributed by atoms with Crippen LogP contribution in [0.25, 0.3) is 0 Å². The second kappa shape index (κ2) is 3.43. The molecule has 0 aromatic heterocycles. The summed E-state index contributed by atoms with van der Waals surface area (Å²) < 4.78 is 4.71. The molecular formula is C7H5N5O5. The van der Waals surface area contributed by atoms with Gasteiger partial charge in [-0.3, -0.25) is 20.2 Å². The van der Waals surface area contributed by atoms with Crippen LogP contribution < -0.4 is 0 Å². The van der Waals surface area contributed by atoms with Crippen LogP contribution in [0.3, 0.4) is 0 Å². The molecule has 0 unspecified atom stereocenters. The van der Waals surface area contributed by atoms with Gasteiger partial charge >= 0.3 is 5.66 Å². The topological polar surface area (TPSA) is 133 Å². The van der Waals surface area contributed by atoms with E-state index in [9.17, 15) is 20.2 Å². The summed E-state index contributed by atoms with van der Waals surface area (Å²) in [5, 5.41) is 32.2. The van der Waals surface area contributed by atoms with Crippen LogP contribution in [0.1, 0.15) is 0 Å². The van der Waals surface area contributed by atoms with E-state index in [0.29, 0.717) is 0 Å². The fourth-order valence-corrected chi connectivity index (χ4v) is 1.48. The summed E-state index contributed by atoms with van der Waals surface area (Å²) in [5.74, 6) is -0.442. The predicted molar refractivity (Wildman–Crippen MR) is 52.2 cm³/mol. The fraction of sp³-hybridized carbons (Fsp3) is 0.286. The van der Waals surface area contributed by atoms with Crippen LogP contribution in [-0.4, -0.2) is 28.3 Å². The molecule has 1 aliphatic carbocycles. The predicted octanol–water partition coefficient (Wildman–Crippen LogP) is 0.486. The van der Waals surface area contributed by atoms with Gasteiger partial charge in [0.05, 0.1) is 7.11 Å². The lowest BCUT2D eigenvalue weighted by atomic mass is 9.99. The van der Waals surface area contributed by atoms with Crippen molar-refractivity contribution in [3.8, 4) is 0 Å². The van der Waals surface area contributed by atoms with E-state index in [1.165, 1.54) is 0 Å². The zero-order valence-electron chi connectivity index (χ0n) is 8.43. The molecule has 0 bridgehead atoms. The van der Waals surface area contributed by atoms with Crippen molar-refractivity contribution in [2.75, 3.05) is 7.11 Å². The maximum absolute atomic E-state index is 11.0. The van der Waals surface area contributed by atoms with Crippen molar-refractivity contribution in [2.45, 2.75) is 5.66 Å². The van der Waals surface area contributed by atoms with Crippen molar-refractivity contribution in [1.29, 1.82) is 0 Å². The van der Waals surface area contributed by atoms with Crippen LogP contribution in [0.2, 0.25) is 0 Å². The van der Waals surface area contributed by atoms with Gasteiger partial charge < -0.3 is 4.74 Å². The van der Waals surface area contributed by atoms with Crippen LogP contribution in [0, 0.1) is 20.2 Å². The van der Waals surface area contributed by atoms with E-state index in [4.69, 9.17) is 4.74 Å². The molecule has 0 saturated carbocycles. The second-order valence-electron chi connectivity index (χ2n) is 3.16. The summed E-state index contributed by atoms with van der Waals surface area (Å²) in [5.41, 5.74) is -2.49. The fourth-order valence-electron chi connectivity index (χ4n) is 1.48. The molecule has 0 aromatic rings. The minimum atomic E-state index is -2.67. The summed E-state index contributed by atoms with van der Waals surface area (Å²) in [6.45, 7) is 0. The van der Waals surface area contributed by atoms with Crippen LogP contribution >= 0.6 is 0 Å². The highest BCUT2D eigenvalue weighted by molar-refractivity contribution is 6.10. The molecule has 0 aromatic carbocycles. The maximum Gasteiger partial charge on any atom is 0.536 e. The molecule has 1 aliphatic heterocycles. The Bertz CT molecular complexity index is 517. The molecule has 0 N–H and O–H groups in total. The number of methoxy groups -OCH3 is 1. The molecule has 10 heteroatoms. The van der Waals surface area contributed by atoms with Crippen molar-refractivity contribution in [3.05, 3.63) is 43.8 Å². The van der Waals surface area contributed by atoms with Gasteiger partial charge in [0.1, 0.15) is 27.3 Å². The minimum Gasteiger partial charge on any atom is -0.488 e. The number of hydrogen-bond donors (Lipinski definition) is 0. The van der Waals surface area contributed by atoms with Gasteiger partial charge in [0.2, 0.25) is 0 Å². The van der Waals surface area contributed by atoms with Gasteiger partial charge in [0.25, 0.3) is 5.76 Å². The Kier molecular flexibility index (Phi) is 2.19. The largest absolute Gasteiger partial charge is 0.536 e. The normalized spacial score (nSPS) is 19.9. The van der Waals surface area contributed by atoms with Gasteiger partial charge in [-0.25, -0.2) is 0 Å². The quantitative estimate of drug-likeness (QED) is 0.401. The van der Waals surface area contributed by atoms with Crippen molar-refractivity contribution in [3.63, 3.8) is 0 Å². The minimum absolute atomic E-state index is 0.0146. The first-order valence-corrected chi connectivity index (χ1v) is 4.29. The Morgan fingerprint density at radius 1 is 1.35 bits per heavy atom. The average molecular weight is 239 g/mol. The first-order valence-electron chi connectivity index (χ1n) is 4.29. The lowest BCUT2D eigenvalue weighted by molar-refractivity contribution is -0.772. The highest BCUT2D eigenvalue weighted by atomic mass is 16.7. The van der Waals surface area contributed by atoms with Crippen molar-refractivity contribution in [1.82, 2.24) is 0 Å². The van der Waals surface area contributed by atoms with Gasteiger partial charge in [-0.2, -0.15) is 0 Å². The molecule has 2 aliphatic rings. The third-order valence-electron chi connectivity index (χ3n) is 2.31. The summed E-state index contributed by atoms with van der Waals surface area (Å²) in [6, 6.07) is 0. The van der Waals surface area contributed by atoms with Crippen molar-refractivity contribution in [2.24, 2.45) is 15.4 Å². The molecular weight excluding hydrogens is 234 g/mol. The number of rotatable bonds is 3. The number of allylic oxidation sites excluding steroid dienone is 1. The molecule has 1 heterocycles. The van der Waals surface area contributed by atoms with Gasteiger partial charge in [0, 0.05) is 6.08 Å². The van der Waals surface area contributed by atoms with Crippen LogP contribution in [0.15, 0.2) is 39.0 Å². The van der Waals surface area contributed by atoms with Crippen LogP contribution in [-0.2, 0) is 4.74 Å². The molecule has 10 nitrogen and oxygen atoms in total. The lowest BCUT2D eigenvalue weighted by Crippen LogP contribution is -2.48. The number of nitro groups is 2. The maximum atomic E-state index is 11.0. The Labute approximate surface area is 93.3 Å². The Morgan fingerprint density at radius 3 is 2.53 bits per heavy atom. The van der Waals surface area contributed by atoms with E-state index in [1.54, 1.807) is 0 Å². The summed E-state index contributed by atoms with van der Waals surface area (Å²) in [7, 11) is 1.11. The van der Waals surface area contributed by atoms with E-state index in [1.807, 2.05) is 0 Å². The summed E-state index contributed by atoms with van der Waals surface area (Å²) in [6.07, 6.45) is 1.85. The van der Waals surface area contributed by atoms with Gasteiger partial charge in [-0.15, -0.1) is 10.2 Å². The standard InChI is InChI=1S/C7H5N5O5/c1-17-6-2-4-5(9-10-8-4)3-7(6,11(13)14)12(15)16/h2-3H,1H3. The Morgan fingerprint density at radius 2 is 2.00 bits per heavy atom. The van der Waals surface area contributed by atoms with E-state index in [-0.39, 0.29) is 11.4 Å². The van der Waals surface area contributed by atoms with Gasteiger partial charge in [-0.1, -0.05) is 0 Å². The highest BCUT2D eigenvalue weighted by Crippen LogP contribution is 2.32. The third kappa shape index (κ3) is 1.30. The molecule has 2 rings (SSSR count). The average Bonchev–Trinajstić information content (AvgIpc) is 2.72. The van der Waals surface area contributed by atoms with E-state index >= 15 is 0 Å². The van der Waals surface area contributed by atoms with E-state index in [2.05, 4.69) is 15.4 Å². The lowest BCUT2D eigenvalue weighted by Gasteiger charge is -2.18. The zero-order chi connectivity index (χ0) is 12.6. The molecule has 0 amide bonds. The second-order valence-corrected chi connectivity index (χ2v) is 3.16. The van der Waals surface area contributed by atoms with Crippen LogP contribution in [0.4, 0.5) is 0 Å². The van der Waals surface area contributed by atoms with Crippen LogP contribution in [0.5, 0.6) is 0 Å². The molecule has 0 saturated heterocycles. The monoisotopic (exact) mass is 239 g/mol. The third-order valence-corrected chi connectivity index (χ3v) is 2.31. The van der Waals surface area contributed by atoms with E-state index in [0.717, 1.165) is 19.3 Å². The summed E-state index contributed by atoms with van der Waals surface area (Å²) >= 11 is 0. The first kappa shape index (κ1) is 10.9. The Balaban J connectivity index is 2.66. The molecule has 0 fully saturated rings. The first-order chi connectivity index (χ1) is 8.02. The van der Waals surface area contributed by atoms with Crippen molar-refractivity contribution >= 4 is 5.71 Å². The SMILES string of the molecule is COC1=CC2=NN=NC2=CC1([N+](=O)[O-])[N+](=O)[O-]. The molecule has 17 heavy (non-hydrogen) atoms. The number of hydrogen-bond acceptors (Lipinski definition) is 8. The number of fused-ring (bicyclic) bond motifs is 1.